The molecule has 0 saturated heterocycles. The van der Waals surface area contributed by atoms with E-state index in [1.54, 1.807) is 45.2 Å². The number of nitriles is 1. The zero-order valence-electron chi connectivity index (χ0n) is 6.77. The molecule has 0 bridgehead atoms. The molecule has 0 aliphatic rings. The maximum atomic E-state index is 11.9. The summed E-state index contributed by atoms with van der Waals surface area (Å²) >= 11 is 3.29. The Balaban J connectivity index is 3.13. The smallest absolute Gasteiger partial charge is 0.387 e. The van der Waals surface area contributed by atoms with E-state index in [9.17, 15) is 13.2 Å². The molecule has 0 aliphatic carbocycles. The average Bonchev–Trinajstić information content (AvgIpc) is 2.08. The van der Waals surface area contributed by atoms with E-state index in [-0.39, 0.29) is 12.8 Å². The van der Waals surface area contributed by atoms with E-state index in [1.165, 1.54) is 6.07 Å². The van der Waals surface area contributed by atoms with E-state index >= 15 is 0 Å². The summed E-state index contributed by atoms with van der Waals surface area (Å²) in [5.41, 5.74) is 0.217. The maximum Gasteiger partial charge on any atom is 0.574 e. The third-order valence-corrected chi connectivity index (χ3v) is 2.83. The number of hydrogen-bond donors (Lipinski definition) is 0. The molecule has 1 aromatic heterocycles. The third kappa shape index (κ3) is 3.63. The molecule has 0 fully saturated rings. The predicted molar refractivity (Wildman–Crippen MR) is 61.1 cm³/mol. The molecule has 0 radical (unpaired) electrons. The molecule has 1 aromatic rings. The number of aromatic nitrogens is 1. The number of ether oxygens (including phenoxy) is 1. The van der Waals surface area contributed by atoms with Crippen molar-refractivity contribution in [1.29, 1.82) is 5.26 Å². The summed E-state index contributed by atoms with van der Waals surface area (Å²) in [6.07, 6.45) is -4.77. The van der Waals surface area contributed by atoms with Crippen LogP contribution in [-0.2, 0) is 0 Å². The van der Waals surface area contributed by atoms with Crippen LogP contribution in [0, 0.1) is 18.6 Å². The van der Waals surface area contributed by atoms with Crippen LogP contribution in [0.3, 0.4) is 0 Å². The van der Waals surface area contributed by atoms with Crippen LogP contribution < -0.4 is 4.74 Å². The van der Waals surface area contributed by atoms with E-state index in [1.807, 2.05) is 6.07 Å². The summed E-state index contributed by atoms with van der Waals surface area (Å²) in [6, 6.07) is 3.10. The van der Waals surface area contributed by atoms with Gasteiger partial charge in [0.25, 0.3) is 0 Å². The van der Waals surface area contributed by atoms with Crippen molar-refractivity contribution < 1.29 is 17.9 Å². The van der Waals surface area contributed by atoms with Gasteiger partial charge in [0.05, 0.1) is 9.13 Å². The first-order valence-corrected chi connectivity index (χ1v) is 5.51. The van der Waals surface area contributed by atoms with Gasteiger partial charge in [0, 0.05) is 0 Å². The zero-order chi connectivity index (χ0) is 11.6. The van der Waals surface area contributed by atoms with Gasteiger partial charge in [-0.05, 0) is 51.2 Å². The van der Waals surface area contributed by atoms with Crippen molar-refractivity contribution >= 4 is 45.2 Å². The highest BCUT2D eigenvalue weighted by Gasteiger charge is 2.33. The number of hydrogen-bond acceptors (Lipinski definition) is 3. The van der Waals surface area contributed by atoms with Crippen LogP contribution in [0.25, 0.3) is 0 Å². The minimum Gasteiger partial charge on any atom is -0.387 e. The van der Waals surface area contributed by atoms with Gasteiger partial charge in [-0.3, -0.25) is 0 Å². The monoisotopic (exact) mass is 440 g/mol. The van der Waals surface area contributed by atoms with Crippen molar-refractivity contribution in [1.82, 2.24) is 4.98 Å². The Morgan fingerprint density at radius 3 is 2.47 bits per heavy atom. The predicted octanol–water partition coefficient (Wildman–Crippen LogP) is 3.06. The lowest BCUT2D eigenvalue weighted by atomic mass is 10.3. The fourth-order valence-electron chi connectivity index (χ4n) is 0.710. The molecule has 8 heteroatoms. The summed E-state index contributed by atoms with van der Waals surface area (Å²) in [5, 5.41) is 8.61. The molecule has 0 spiro atoms. The van der Waals surface area contributed by atoms with Crippen molar-refractivity contribution in [3.05, 3.63) is 18.9 Å². The lowest BCUT2D eigenvalue weighted by molar-refractivity contribution is -0.276. The quantitative estimate of drug-likeness (QED) is 0.499. The van der Waals surface area contributed by atoms with Gasteiger partial charge in [-0.25, -0.2) is 4.98 Å². The molecular weight excluding hydrogens is 439 g/mol. The van der Waals surface area contributed by atoms with Crippen LogP contribution >= 0.6 is 45.2 Å². The molecule has 0 amide bonds. The van der Waals surface area contributed by atoms with Crippen molar-refractivity contribution in [2.24, 2.45) is 0 Å². The molecule has 1 heterocycles. The summed E-state index contributed by atoms with van der Waals surface area (Å²) in [5.74, 6) is -0.536. The Labute approximate surface area is 110 Å². The molecule has 15 heavy (non-hydrogen) atoms. The molecule has 0 aliphatic heterocycles. The first-order valence-electron chi connectivity index (χ1n) is 3.35. The number of rotatable bonds is 1. The standard InChI is InChI=1S/C7HF3I2N2O/c8-7(9,10)15-6-4(11)1-3(2-13)5(12)14-6/h1H. The Hall–Kier alpha value is -0.310. The summed E-state index contributed by atoms with van der Waals surface area (Å²) in [6.45, 7) is 0. The zero-order valence-corrected chi connectivity index (χ0v) is 11.1. The van der Waals surface area contributed by atoms with Gasteiger partial charge >= 0.3 is 6.36 Å². The van der Waals surface area contributed by atoms with Gasteiger partial charge < -0.3 is 4.74 Å². The molecule has 0 N–H and O–H groups in total. The highest BCUT2D eigenvalue weighted by atomic mass is 127. The van der Waals surface area contributed by atoms with Crippen molar-refractivity contribution in [2.75, 3.05) is 0 Å². The number of halogens is 5. The van der Waals surface area contributed by atoms with Crippen LogP contribution in [0.2, 0.25) is 0 Å². The number of alkyl halides is 3. The third-order valence-electron chi connectivity index (χ3n) is 1.23. The van der Waals surface area contributed by atoms with Gasteiger partial charge in [0.2, 0.25) is 5.88 Å². The summed E-state index contributed by atoms with van der Waals surface area (Å²) in [4.78, 5) is 3.54. The van der Waals surface area contributed by atoms with Crippen LogP contribution in [-0.4, -0.2) is 11.3 Å². The van der Waals surface area contributed by atoms with Crippen LogP contribution in [0.4, 0.5) is 13.2 Å². The normalized spacial score (nSPS) is 10.9. The molecular formula is C7HF3I2N2O. The van der Waals surface area contributed by atoms with Gasteiger partial charge in [-0.1, -0.05) is 0 Å². The van der Waals surface area contributed by atoms with E-state index in [4.69, 9.17) is 5.26 Å². The number of pyridine rings is 1. The van der Waals surface area contributed by atoms with E-state index in [0.29, 0.717) is 0 Å². The summed E-state index contributed by atoms with van der Waals surface area (Å²) < 4.78 is 39.7. The minimum absolute atomic E-state index is 0.141. The maximum absolute atomic E-state index is 11.9. The highest BCUT2D eigenvalue weighted by molar-refractivity contribution is 14.1. The fraction of sp³-hybridized carbons (Fsp3) is 0.143. The van der Waals surface area contributed by atoms with Gasteiger partial charge in [-0.15, -0.1) is 13.2 Å². The lowest BCUT2D eigenvalue weighted by Crippen LogP contribution is -2.19. The van der Waals surface area contributed by atoms with E-state index in [0.717, 1.165) is 0 Å². The minimum atomic E-state index is -4.77. The SMILES string of the molecule is N#Cc1cc(I)c(OC(F)(F)F)nc1I. The second-order valence-electron chi connectivity index (χ2n) is 2.27. The van der Waals surface area contributed by atoms with Crippen molar-refractivity contribution in [3.63, 3.8) is 0 Å². The van der Waals surface area contributed by atoms with Crippen molar-refractivity contribution in [3.8, 4) is 11.9 Å². The molecule has 80 valence electrons. The molecule has 0 saturated carbocycles. The molecule has 0 atom stereocenters. The van der Waals surface area contributed by atoms with Gasteiger partial charge in [-0.2, -0.15) is 5.26 Å². The first-order chi connectivity index (χ1) is 6.83. The number of nitrogens with zero attached hydrogens (tertiary/aromatic N) is 2. The van der Waals surface area contributed by atoms with Crippen LogP contribution in [0.1, 0.15) is 5.56 Å². The highest BCUT2D eigenvalue weighted by Crippen LogP contribution is 2.27. The van der Waals surface area contributed by atoms with Crippen LogP contribution in [0.5, 0.6) is 5.88 Å². The second kappa shape index (κ2) is 4.69. The Morgan fingerprint density at radius 1 is 1.40 bits per heavy atom. The van der Waals surface area contributed by atoms with Crippen molar-refractivity contribution in [2.45, 2.75) is 6.36 Å². The van der Waals surface area contributed by atoms with E-state index < -0.39 is 12.2 Å². The largest absolute Gasteiger partial charge is 0.574 e. The topological polar surface area (TPSA) is 45.9 Å². The summed E-state index contributed by atoms with van der Waals surface area (Å²) in [7, 11) is 0. The molecule has 0 unspecified atom stereocenters. The average molecular weight is 440 g/mol. The Morgan fingerprint density at radius 2 is 2.00 bits per heavy atom. The molecule has 3 nitrogen and oxygen atoms in total. The van der Waals surface area contributed by atoms with E-state index in [2.05, 4.69) is 9.72 Å². The molecule has 0 aromatic carbocycles. The Kier molecular flexibility index (Phi) is 3.99. The van der Waals surface area contributed by atoms with Gasteiger partial charge in [0.1, 0.15) is 9.77 Å². The molecule has 1 rings (SSSR count). The van der Waals surface area contributed by atoms with Gasteiger partial charge in [0.15, 0.2) is 0 Å². The lowest BCUT2D eigenvalue weighted by Gasteiger charge is -2.09. The first kappa shape index (κ1) is 12.8. The Bertz CT molecular complexity index is 427. The fourth-order valence-corrected chi connectivity index (χ4v) is 1.75. The second-order valence-corrected chi connectivity index (χ2v) is 4.46. The van der Waals surface area contributed by atoms with Crippen LogP contribution in [0.15, 0.2) is 6.07 Å².